The van der Waals surface area contributed by atoms with Gasteiger partial charge in [0.25, 0.3) is 11.8 Å². The highest BCUT2D eigenvalue weighted by atomic mass is 19.4. The van der Waals surface area contributed by atoms with Crippen LogP contribution in [0.3, 0.4) is 0 Å². The Morgan fingerprint density at radius 1 is 1.23 bits per heavy atom. The van der Waals surface area contributed by atoms with Gasteiger partial charge in [-0.1, -0.05) is 0 Å². The van der Waals surface area contributed by atoms with Crippen molar-refractivity contribution in [1.29, 1.82) is 0 Å². The number of ketones is 1. The molecule has 9 nitrogen and oxygen atoms in total. The molecule has 1 aromatic carbocycles. The molecule has 0 unspecified atom stereocenters. The third-order valence-electron chi connectivity index (χ3n) is 6.79. The standard InChI is InChI=1S/C26H28F4N4O5/c1-13-21(24(37)32-12-25(38)3-5-31-6-4-25)22(26(28,29)30)20(33-13)10-17-16-9-18(27)14(7-15(35)11-39-2)8-19(16)34-23(17)36/h8-10,31,33,38H,3-7,11-12H2,1-2H3,(H,32,37)(H,34,36)/b17-10-. The number of anilines is 1. The fraction of sp³-hybridized carbons (Fsp3) is 0.423. The van der Waals surface area contributed by atoms with E-state index in [0.29, 0.717) is 25.9 Å². The maximum atomic E-state index is 14.8. The average Bonchev–Trinajstić information content (AvgIpc) is 3.34. The van der Waals surface area contributed by atoms with Crippen molar-refractivity contribution in [3.05, 3.63) is 51.6 Å². The molecular weight excluding hydrogens is 524 g/mol. The number of benzene rings is 1. The van der Waals surface area contributed by atoms with Crippen molar-refractivity contribution in [2.24, 2.45) is 0 Å². The second-order valence-corrected chi connectivity index (χ2v) is 9.72. The molecule has 0 aliphatic carbocycles. The minimum Gasteiger partial charge on any atom is -0.388 e. The summed E-state index contributed by atoms with van der Waals surface area (Å²) >= 11 is 0. The van der Waals surface area contributed by atoms with Gasteiger partial charge in [-0.15, -0.1) is 0 Å². The molecule has 0 bridgehead atoms. The van der Waals surface area contributed by atoms with Gasteiger partial charge in [-0.2, -0.15) is 13.2 Å². The number of Topliss-reactive ketones (excluding diaryl/α,β-unsaturated/α-hetero) is 1. The Labute approximate surface area is 221 Å². The summed E-state index contributed by atoms with van der Waals surface area (Å²) in [5.41, 5.74) is -3.94. The fourth-order valence-corrected chi connectivity index (χ4v) is 4.84. The molecule has 5 N–H and O–H groups in total. The van der Waals surface area contributed by atoms with Crippen molar-refractivity contribution < 1.29 is 41.8 Å². The smallest absolute Gasteiger partial charge is 0.388 e. The predicted octanol–water partition coefficient (Wildman–Crippen LogP) is 2.58. The number of amides is 2. The van der Waals surface area contributed by atoms with E-state index >= 15 is 0 Å². The Morgan fingerprint density at radius 3 is 2.56 bits per heavy atom. The summed E-state index contributed by atoms with van der Waals surface area (Å²) in [5.74, 6) is -3.01. The highest BCUT2D eigenvalue weighted by molar-refractivity contribution is 6.35. The number of carbonyl (C=O) groups is 3. The molecular formula is C26H28F4N4O5. The van der Waals surface area contributed by atoms with Crippen molar-refractivity contribution in [2.75, 3.05) is 38.7 Å². The van der Waals surface area contributed by atoms with Crippen LogP contribution in [-0.2, 0) is 26.9 Å². The first-order chi connectivity index (χ1) is 18.3. The van der Waals surface area contributed by atoms with Crippen molar-refractivity contribution in [3.8, 4) is 0 Å². The number of aryl methyl sites for hydroxylation is 1. The number of nitrogens with one attached hydrogen (secondary N) is 4. The van der Waals surface area contributed by atoms with Gasteiger partial charge in [-0.05, 0) is 56.6 Å². The van der Waals surface area contributed by atoms with Gasteiger partial charge in [-0.25, -0.2) is 4.39 Å². The van der Waals surface area contributed by atoms with Crippen molar-refractivity contribution in [2.45, 2.75) is 38.0 Å². The Morgan fingerprint density at radius 2 is 1.92 bits per heavy atom. The van der Waals surface area contributed by atoms with Crippen molar-refractivity contribution in [1.82, 2.24) is 15.6 Å². The molecule has 1 saturated heterocycles. The molecule has 1 aromatic heterocycles. The van der Waals surface area contributed by atoms with Crippen LogP contribution in [0.4, 0.5) is 23.2 Å². The van der Waals surface area contributed by atoms with Gasteiger partial charge in [0.15, 0.2) is 5.78 Å². The van der Waals surface area contributed by atoms with E-state index in [1.165, 1.54) is 20.1 Å². The number of halogens is 4. The van der Waals surface area contributed by atoms with Crippen LogP contribution in [-0.4, -0.2) is 66.6 Å². The molecule has 4 rings (SSSR count). The number of hydrogen-bond donors (Lipinski definition) is 5. The summed E-state index contributed by atoms with van der Waals surface area (Å²) in [7, 11) is 1.32. The fourth-order valence-electron chi connectivity index (χ4n) is 4.84. The lowest BCUT2D eigenvalue weighted by Crippen LogP contribution is -2.49. The van der Waals surface area contributed by atoms with Crippen LogP contribution in [0.5, 0.6) is 0 Å². The van der Waals surface area contributed by atoms with E-state index in [4.69, 9.17) is 4.74 Å². The summed E-state index contributed by atoms with van der Waals surface area (Å²) in [5, 5.41) is 18.6. The number of aromatic nitrogens is 1. The highest BCUT2D eigenvalue weighted by Crippen LogP contribution is 2.40. The van der Waals surface area contributed by atoms with Crippen LogP contribution in [0.15, 0.2) is 12.1 Å². The van der Waals surface area contributed by atoms with E-state index in [2.05, 4.69) is 20.9 Å². The number of aromatic amines is 1. The Balaban J connectivity index is 1.68. The summed E-state index contributed by atoms with van der Waals surface area (Å²) in [4.78, 5) is 40.0. The van der Waals surface area contributed by atoms with Gasteiger partial charge in [-0.3, -0.25) is 14.4 Å². The molecule has 0 saturated carbocycles. The molecule has 1 fully saturated rings. The number of rotatable bonds is 8. The summed E-state index contributed by atoms with van der Waals surface area (Å²) in [6.45, 7) is 1.85. The third-order valence-corrected chi connectivity index (χ3v) is 6.79. The van der Waals surface area contributed by atoms with E-state index in [9.17, 15) is 37.1 Å². The molecule has 3 heterocycles. The van der Waals surface area contributed by atoms with Gasteiger partial charge in [0.1, 0.15) is 12.4 Å². The summed E-state index contributed by atoms with van der Waals surface area (Å²) in [6.07, 6.45) is -3.69. The molecule has 0 radical (unpaired) electrons. The van der Waals surface area contributed by atoms with Gasteiger partial charge < -0.3 is 30.8 Å². The quantitative estimate of drug-likeness (QED) is 0.253. The zero-order valence-electron chi connectivity index (χ0n) is 21.3. The summed E-state index contributed by atoms with van der Waals surface area (Å²) in [6, 6.07) is 2.23. The lowest BCUT2D eigenvalue weighted by Gasteiger charge is -2.32. The second kappa shape index (κ2) is 10.9. The molecule has 2 aromatic rings. The van der Waals surface area contributed by atoms with Crippen LogP contribution in [0, 0.1) is 12.7 Å². The van der Waals surface area contributed by atoms with Crippen LogP contribution < -0.4 is 16.0 Å². The molecule has 39 heavy (non-hydrogen) atoms. The highest BCUT2D eigenvalue weighted by Gasteiger charge is 2.41. The van der Waals surface area contributed by atoms with Crippen LogP contribution >= 0.6 is 0 Å². The molecule has 210 valence electrons. The number of aliphatic hydroxyl groups is 1. The molecule has 13 heteroatoms. The summed E-state index contributed by atoms with van der Waals surface area (Å²) < 4.78 is 62.2. The monoisotopic (exact) mass is 552 g/mol. The van der Waals surface area contributed by atoms with E-state index < -0.39 is 52.0 Å². The van der Waals surface area contributed by atoms with Crippen molar-refractivity contribution in [3.63, 3.8) is 0 Å². The van der Waals surface area contributed by atoms with Crippen LogP contribution in [0.2, 0.25) is 0 Å². The Hall–Kier alpha value is -3.55. The van der Waals surface area contributed by atoms with E-state index in [1.54, 1.807) is 0 Å². The van der Waals surface area contributed by atoms with Crippen LogP contribution in [0.1, 0.15) is 51.3 Å². The van der Waals surface area contributed by atoms with E-state index in [1.807, 2.05) is 0 Å². The Bertz CT molecular complexity index is 1340. The molecule has 0 spiro atoms. The number of methoxy groups -OCH3 is 1. The minimum absolute atomic E-state index is 0.00147. The maximum absolute atomic E-state index is 14.8. The Kier molecular flexibility index (Phi) is 7.96. The third kappa shape index (κ3) is 6.05. The predicted molar refractivity (Wildman–Crippen MR) is 133 cm³/mol. The number of H-pyrrole nitrogens is 1. The topological polar surface area (TPSA) is 133 Å². The molecule has 0 atom stereocenters. The number of alkyl halides is 3. The first kappa shape index (κ1) is 28.5. The molecule has 2 amide bonds. The van der Waals surface area contributed by atoms with E-state index in [0.717, 1.165) is 12.1 Å². The average molecular weight is 553 g/mol. The van der Waals surface area contributed by atoms with Gasteiger partial charge >= 0.3 is 6.18 Å². The number of ether oxygens (including phenoxy) is 1. The minimum atomic E-state index is -4.98. The molecule has 2 aliphatic heterocycles. The lowest BCUT2D eigenvalue weighted by molar-refractivity contribution is -0.138. The molecule has 2 aliphatic rings. The number of carbonyl (C=O) groups excluding carboxylic acids is 3. The SMILES string of the molecule is COCC(=O)Cc1cc2c(cc1F)/C(=C/c1[nH]c(C)c(C(=O)NCC3(O)CCNCC3)c1C(F)(F)F)C(=O)N2. The number of hydrogen-bond acceptors (Lipinski definition) is 6. The first-order valence-electron chi connectivity index (χ1n) is 12.2. The largest absolute Gasteiger partial charge is 0.419 e. The van der Waals surface area contributed by atoms with Gasteiger partial charge in [0.05, 0.1) is 28.0 Å². The van der Waals surface area contributed by atoms with Gasteiger partial charge in [0.2, 0.25) is 0 Å². The maximum Gasteiger partial charge on any atom is 0.419 e. The zero-order valence-corrected chi connectivity index (χ0v) is 21.3. The normalized spacial score (nSPS) is 17.7. The number of piperidine rings is 1. The number of fused-ring (bicyclic) bond motifs is 1. The van der Waals surface area contributed by atoms with Gasteiger partial charge in [0, 0.05) is 37.0 Å². The van der Waals surface area contributed by atoms with E-state index in [-0.39, 0.29) is 47.7 Å². The first-order valence-corrected chi connectivity index (χ1v) is 12.2. The van der Waals surface area contributed by atoms with Crippen LogP contribution in [0.25, 0.3) is 11.6 Å². The lowest BCUT2D eigenvalue weighted by atomic mass is 9.92. The zero-order chi connectivity index (χ0) is 28.5. The van der Waals surface area contributed by atoms with Crippen molar-refractivity contribution >= 4 is 34.9 Å². The second-order valence-electron chi connectivity index (χ2n) is 9.72.